The quantitative estimate of drug-likeness (QED) is 0.795. The molecule has 0 aliphatic carbocycles. The van der Waals surface area contributed by atoms with E-state index in [9.17, 15) is 9.59 Å². The van der Waals surface area contributed by atoms with Crippen LogP contribution in [0.1, 0.15) is 40.5 Å². The van der Waals surface area contributed by atoms with Crippen molar-refractivity contribution < 1.29 is 19.1 Å². The molecule has 1 aliphatic rings. The van der Waals surface area contributed by atoms with Gasteiger partial charge in [-0.3, -0.25) is 4.79 Å². The number of amides is 2. The smallest absolute Gasteiger partial charge is 0.410 e. The topological polar surface area (TPSA) is 59.1 Å². The molecule has 1 rings (SSSR count). The Hall–Kier alpha value is -1.30. The Bertz CT molecular complexity index is 390. The van der Waals surface area contributed by atoms with Crippen LogP contribution in [-0.2, 0) is 14.3 Å². The number of likely N-dealkylation sites (tertiary alicyclic amines) is 1. The Balaban J connectivity index is 2.59. The Morgan fingerprint density at radius 1 is 1.29 bits per heavy atom. The fraction of sp³-hybridized carbons (Fsp3) is 0.867. The van der Waals surface area contributed by atoms with E-state index in [1.807, 2.05) is 27.7 Å². The molecule has 6 nitrogen and oxygen atoms in total. The molecule has 1 saturated heterocycles. The molecule has 1 atom stereocenters. The zero-order chi connectivity index (χ0) is 16.3. The van der Waals surface area contributed by atoms with Crippen molar-refractivity contribution in [1.82, 2.24) is 9.80 Å². The summed E-state index contributed by atoms with van der Waals surface area (Å²) >= 11 is 0. The van der Waals surface area contributed by atoms with Gasteiger partial charge in [-0.05, 0) is 33.6 Å². The van der Waals surface area contributed by atoms with E-state index in [-0.39, 0.29) is 18.6 Å². The molecule has 0 aromatic rings. The van der Waals surface area contributed by atoms with E-state index < -0.39 is 11.2 Å². The van der Waals surface area contributed by atoms with Crippen molar-refractivity contribution >= 4 is 12.0 Å². The fourth-order valence-electron chi connectivity index (χ4n) is 2.18. The molecular formula is C15H28N2O4. The minimum atomic E-state index is -0.504. The summed E-state index contributed by atoms with van der Waals surface area (Å²) in [5.74, 6) is -0.0708. The molecule has 122 valence electrons. The Morgan fingerprint density at radius 2 is 1.90 bits per heavy atom. The van der Waals surface area contributed by atoms with E-state index in [2.05, 4.69) is 0 Å². The lowest BCUT2D eigenvalue weighted by molar-refractivity contribution is -0.140. The highest BCUT2D eigenvalue weighted by Crippen LogP contribution is 2.29. The van der Waals surface area contributed by atoms with E-state index in [1.165, 1.54) is 4.90 Å². The number of carbonyl (C=O) groups excluding carboxylic acids is 2. The molecule has 1 fully saturated rings. The number of likely N-dealkylation sites (N-methyl/N-ethyl adjacent to an activating group) is 1. The average Bonchev–Trinajstić information content (AvgIpc) is 2.79. The second-order valence-corrected chi connectivity index (χ2v) is 6.77. The number of ether oxygens (including phenoxy) is 2. The van der Waals surface area contributed by atoms with Crippen LogP contribution in [0.25, 0.3) is 0 Å². The highest BCUT2D eigenvalue weighted by atomic mass is 16.6. The van der Waals surface area contributed by atoms with Gasteiger partial charge < -0.3 is 19.3 Å². The first-order valence-corrected chi connectivity index (χ1v) is 7.40. The molecule has 2 amide bonds. The van der Waals surface area contributed by atoms with Crippen molar-refractivity contribution in [2.45, 2.75) is 51.7 Å². The van der Waals surface area contributed by atoms with Gasteiger partial charge in [-0.1, -0.05) is 6.92 Å². The predicted molar refractivity (Wildman–Crippen MR) is 80.1 cm³/mol. The summed E-state index contributed by atoms with van der Waals surface area (Å²) in [7, 11) is 3.40. The van der Waals surface area contributed by atoms with Crippen LogP contribution < -0.4 is 0 Å². The van der Waals surface area contributed by atoms with Gasteiger partial charge >= 0.3 is 6.09 Å². The summed E-state index contributed by atoms with van der Waals surface area (Å²) < 4.78 is 11.2. The van der Waals surface area contributed by atoms with Crippen molar-refractivity contribution in [3.05, 3.63) is 0 Å². The molecule has 0 aromatic heterocycles. The molecule has 0 radical (unpaired) electrons. The third-order valence-corrected chi connectivity index (χ3v) is 3.61. The zero-order valence-corrected chi connectivity index (χ0v) is 14.1. The SMILES string of the molecule is CCC1(OCC(=O)N(C)C)CCN(C(=O)OC(C)(C)C)C1. The van der Waals surface area contributed by atoms with Crippen LogP contribution in [0.15, 0.2) is 0 Å². The van der Waals surface area contributed by atoms with Crippen molar-refractivity contribution in [3.8, 4) is 0 Å². The number of hydrogen-bond acceptors (Lipinski definition) is 4. The summed E-state index contributed by atoms with van der Waals surface area (Å²) in [5, 5.41) is 0. The van der Waals surface area contributed by atoms with E-state index in [0.29, 0.717) is 13.1 Å². The maximum Gasteiger partial charge on any atom is 0.410 e. The molecule has 0 saturated carbocycles. The molecule has 0 N–H and O–H groups in total. The monoisotopic (exact) mass is 300 g/mol. The van der Waals surface area contributed by atoms with Crippen molar-refractivity contribution in [1.29, 1.82) is 0 Å². The third-order valence-electron chi connectivity index (χ3n) is 3.61. The van der Waals surface area contributed by atoms with Crippen LogP contribution in [0.5, 0.6) is 0 Å². The summed E-state index contributed by atoms with van der Waals surface area (Å²) in [6.45, 7) is 8.67. The Labute approximate surface area is 127 Å². The predicted octanol–water partition coefficient (Wildman–Crippen LogP) is 1.88. The second kappa shape index (κ2) is 6.64. The molecule has 1 unspecified atom stereocenters. The summed E-state index contributed by atoms with van der Waals surface area (Å²) in [6.07, 6.45) is 1.16. The third kappa shape index (κ3) is 5.19. The van der Waals surface area contributed by atoms with Crippen LogP contribution in [0.2, 0.25) is 0 Å². The minimum absolute atomic E-state index is 0.0446. The average molecular weight is 300 g/mol. The highest BCUT2D eigenvalue weighted by Gasteiger charge is 2.41. The largest absolute Gasteiger partial charge is 0.444 e. The minimum Gasteiger partial charge on any atom is -0.444 e. The number of carbonyl (C=O) groups is 2. The van der Waals surface area contributed by atoms with Crippen molar-refractivity contribution in [2.75, 3.05) is 33.8 Å². The Kier molecular flexibility index (Phi) is 5.61. The van der Waals surface area contributed by atoms with Crippen LogP contribution in [0.3, 0.4) is 0 Å². The van der Waals surface area contributed by atoms with Gasteiger partial charge in [-0.15, -0.1) is 0 Å². The standard InChI is InChI=1S/C15H28N2O4/c1-7-15(20-10-12(18)16(5)6)8-9-17(11-15)13(19)21-14(2,3)4/h7-11H2,1-6H3. The lowest BCUT2D eigenvalue weighted by Gasteiger charge is -2.29. The maximum absolute atomic E-state index is 12.1. The molecule has 21 heavy (non-hydrogen) atoms. The van der Waals surface area contributed by atoms with Gasteiger partial charge in [0, 0.05) is 20.6 Å². The van der Waals surface area contributed by atoms with Gasteiger partial charge in [0.05, 0.1) is 12.1 Å². The molecular weight excluding hydrogens is 272 g/mol. The summed E-state index contributed by atoms with van der Waals surface area (Å²) in [5.41, 5.74) is -0.946. The first-order chi connectivity index (χ1) is 9.58. The fourth-order valence-corrected chi connectivity index (χ4v) is 2.18. The molecule has 6 heteroatoms. The van der Waals surface area contributed by atoms with Crippen LogP contribution in [0.4, 0.5) is 4.79 Å². The van der Waals surface area contributed by atoms with E-state index in [1.54, 1.807) is 19.0 Å². The molecule has 1 aliphatic heterocycles. The van der Waals surface area contributed by atoms with Gasteiger partial charge in [-0.2, -0.15) is 0 Å². The van der Waals surface area contributed by atoms with Gasteiger partial charge in [-0.25, -0.2) is 4.79 Å². The summed E-state index contributed by atoms with van der Waals surface area (Å²) in [6, 6.07) is 0. The summed E-state index contributed by atoms with van der Waals surface area (Å²) in [4.78, 5) is 26.9. The lowest BCUT2D eigenvalue weighted by atomic mass is 10.00. The van der Waals surface area contributed by atoms with Crippen molar-refractivity contribution in [3.63, 3.8) is 0 Å². The Morgan fingerprint density at radius 3 is 2.38 bits per heavy atom. The van der Waals surface area contributed by atoms with Gasteiger partial charge in [0.25, 0.3) is 0 Å². The second-order valence-electron chi connectivity index (χ2n) is 6.77. The van der Waals surface area contributed by atoms with E-state index >= 15 is 0 Å². The van der Waals surface area contributed by atoms with Gasteiger partial charge in [0.2, 0.25) is 5.91 Å². The lowest BCUT2D eigenvalue weighted by Crippen LogP contribution is -2.42. The molecule has 0 spiro atoms. The number of hydrogen-bond donors (Lipinski definition) is 0. The van der Waals surface area contributed by atoms with Crippen LogP contribution >= 0.6 is 0 Å². The van der Waals surface area contributed by atoms with Crippen molar-refractivity contribution in [2.24, 2.45) is 0 Å². The first-order valence-electron chi connectivity index (χ1n) is 7.40. The number of rotatable bonds is 4. The van der Waals surface area contributed by atoms with Crippen LogP contribution in [-0.4, -0.2) is 66.8 Å². The van der Waals surface area contributed by atoms with Crippen LogP contribution in [0, 0.1) is 0 Å². The zero-order valence-electron chi connectivity index (χ0n) is 14.1. The van der Waals surface area contributed by atoms with Gasteiger partial charge in [0.1, 0.15) is 12.2 Å². The molecule has 1 heterocycles. The van der Waals surface area contributed by atoms with E-state index in [4.69, 9.17) is 9.47 Å². The normalized spacial score (nSPS) is 22.3. The van der Waals surface area contributed by atoms with E-state index in [0.717, 1.165) is 12.8 Å². The maximum atomic E-state index is 12.1. The number of nitrogens with zero attached hydrogens (tertiary/aromatic N) is 2. The van der Waals surface area contributed by atoms with Gasteiger partial charge in [0.15, 0.2) is 0 Å². The first kappa shape index (κ1) is 17.8. The molecule has 0 aromatic carbocycles. The highest BCUT2D eigenvalue weighted by molar-refractivity contribution is 5.76. The molecule has 0 bridgehead atoms.